The third-order valence-corrected chi connectivity index (χ3v) is 6.94. The summed E-state index contributed by atoms with van der Waals surface area (Å²) in [5.74, 6) is 0.0398. The van der Waals surface area contributed by atoms with E-state index in [1.54, 1.807) is 23.1 Å². The summed E-state index contributed by atoms with van der Waals surface area (Å²) in [6.07, 6.45) is 0.934. The lowest BCUT2D eigenvalue weighted by Crippen LogP contribution is -2.21. The molecule has 0 radical (unpaired) electrons. The van der Waals surface area contributed by atoms with Crippen molar-refractivity contribution in [1.29, 1.82) is 0 Å². The van der Waals surface area contributed by atoms with Gasteiger partial charge in [-0.3, -0.25) is 9.59 Å². The standard InChI is InChI=1S/C25H22N2O3S2/c28-23(26-20-12-5-4-11-19(20)18-9-2-1-3-10-18)17-30-24(29)15-8-16-31-25-27-21-13-6-7-14-22(21)32-25/h1-7,9-14H,8,15-17H2,(H,26,28). The van der Waals surface area contributed by atoms with E-state index in [-0.39, 0.29) is 24.9 Å². The van der Waals surface area contributed by atoms with Gasteiger partial charge in [0.1, 0.15) is 0 Å². The van der Waals surface area contributed by atoms with E-state index in [0.29, 0.717) is 12.1 Å². The lowest BCUT2D eigenvalue weighted by Gasteiger charge is -2.11. The van der Waals surface area contributed by atoms with Crippen LogP contribution in [0.2, 0.25) is 0 Å². The van der Waals surface area contributed by atoms with Crippen LogP contribution in [0.5, 0.6) is 0 Å². The quantitative estimate of drug-likeness (QED) is 0.187. The number of anilines is 1. The Morgan fingerprint density at radius 2 is 1.69 bits per heavy atom. The molecular formula is C25H22N2O3S2. The van der Waals surface area contributed by atoms with Crippen molar-refractivity contribution in [2.45, 2.75) is 17.2 Å². The summed E-state index contributed by atoms with van der Waals surface area (Å²) >= 11 is 3.29. The number of carbonyl (C=O) groups is 2. The number of nitrogens with one attached hydrogen (secondary N) is 1. The summed E-state index contributed by atoms with van der Waals surface area (Å²) in [5, 5.41) is 2.84. The smallest absolute Gasteiger partial charge is 0.306 e. The predicted molar refractivity (Wildman–Crippen MR) is 131 cm³/mol. The third kappa shape index (κ3) is 5.96. The molecule has 4 aromatic rings. The molecule has 1 heterocycles. The number of para-hydroxylation sites is 2. The fourth-order valence-corrected chi connectivity index (χ4v) is 5.23. The van der Waals surface area contributed by atoms with E-state index in [1.807, 2.05) is 72.8 Å². The van der Waals surface area contributed by atoms with Crippen LogP contribution in [0.15, 0.2) is 83.2 Å². The topological polar surface area (TPSA) is 68.3 Å². The Bertz CT molecular complexity index is 1180. The summed E-state index contributed by atoms with van der Waals surface area (Å²) in [6, 6.07) is 25.4. The zero-order chi connectivity index (χ0) is 22.2. The number of amides is 1. The molecule has 1 N–H and O–H groups in total. The van der Waals surface area contributed by atoms with Crippen molar-refractivity contribution < 1.29 is 14.3 Å². The fraction of sp³-hybridized carbons (Fsp3) is 0.160. The minimum atomic E-state index is -0.374. The van der Waals surface area contributed by atoms with Gasteiger partial charge in [0.05, 0.1) is 10.2 Å². The predicted octanol–water partition coefficient (Wildman–Crippen LogP) is 6.02. The van der Waals surface area contributed by atoms with E-state index in [0.717, 1.165) is 31.4 Å². The average Bonchev–Trinajstić information content (AvgIpc) is 3.24. The molecule has 32 heavy (non-hydrogen) atoms. The van der Waals surface area contributed by atoms with Crippen LogP contribution in [-0.2, 0) is 14.3 Å². The average molecular weight is 463 g/mol. The lowest BCUT2D eigenvalue weighted by molar-refractivity contribution is -0.147. The highest BCUT2D eigenvalue weighted by molar-refractivity contribution is 8.01. The molecule has 1 amide bonds. The minimum Gasteiger partial charge on any atom is -0.456 e. The second kappa shape index (κ2) is 10.9. The SMILES string of the molecule is O=C(COC(=O)CCCSc1nc2ccccc2s1)Nc1ccccc1-c1ccccc1. The zero-order valence-corrected chi connectivity index (χ0v) is 19.0. The molecule has 0 fully saturated rings. The maximum Gasteiger partial charge on any atom is 0.306 e. The van der Waals surface area contributed by atoms with Gasteiger partial charge in [-0.2, -0.15) is 0 Å². The van der Waals surface area contributed by atoms with Crippen molar-refractivity contribution in [3.05, 3.63) is 78.9 Å². The van der Waals surface area contributed by atoms with Gasteiger partial charge >= 0.3 is 5.97 Å². The molecular weight excluding hydrogens is 440 g/mol. The maximum atomic E-state index is 12.3. The van der Waals surface area contributed by atoms with Crippen LogP contribution in [0.25, 0.3) is 21.3 Å². The Kier molecular flexibility index (Phi) is 7.53. The number of ether oxygens (including phenoxy) is 1. The highest BCUT2D eigenvalue weighted by atomic mass is 32.2. The first-order chi connectivity index (χ1) is 15.7. The van der Waals surface area contributed by atoms with Gasteiger partial charge in [0.25, 0.3) is 5.91 Å². The van der Waals surface area contributed by atoms with Gasteiger partial charge in [-0.1, -0.05) is 72.4 Å². The monoisotopic (exact) mass is 462 g/mol. The molecule has 0 bridgehead atoms. The number of nitrogens with zero attached hydrogens (tertiary/aromatic N) is 1. The van der Waals surface area contributed by atoms with E-state index in [9.17, 15) is 9.59 Å². The van der Waals surface area contributed by atoms with Gasteiger partial charge in [-0.05, 0) is 30.2 Å². The molecule has 1 aromatic heterocycles. The van der Waals surface area contributed by atoms with Crippen molar-refractivity contribution in [3.63, 3.8) is 0 Å². The highest BCUT2D eigenvalue weighted by Gasteiger charge is 2.11. The number of hydrogen-bond acceptors (Lipinski definition) is 6. The molecule has 5 nitrogen and oxygen atoms in total. The van der Waals surface area contributed by atoms with Crippen LogP contribution in [0.1, 0.15) is 12.8 Å². The van der Waals surface area contributed by atoms with Crippen LogP contribution in [0, 0.1) is 0 Å². The van der Waals surface area contributed by atoms with Crippen LogP contribution in [0.3, 0.4) is 0 Å². The summed E-state index contributed by atoms with van der Waals surface area (Å²) in [4.78, 5) is 28.9. The first-order valence-electron chi connectivity index (χ1n) is 10.3. The Labute approximate surface area is 194 Å². The summed E-state index contributed by atoms with van der Waals surface area (Å²) in [5.41, 5.74) is 3.61. The Balaban J connectivity index is 1.20. The molecule has 0 aliphatic carbocycles. The van der Waals surface area contributed by atoms with Crippen LogP contribution in [-0.4, -0.2) is 29.2 Å². The van der Waals surface area contributed by atoms with Crippen molar-refractivity contribution in [1.82, 2.24) is 4.98 Å². The van der Waals surface area contributed by atoms with E-state index in [4.69, 9.17) is 4.74 Å². The van der Waals surface area contributed by atoms with E-state index < -0.39 is 0 Å². The number of hydrogen-bond donors (Lipinski definition) is 1. The summed E-state index contributed by atoms with van der Waals surface area (Å²) in [7, 11) is 0. The molecule has 0 saturated carbocycles. The number of benzene rings is 3. The lowest BCUT2D eigenvalue weighted by atomic mass is 10.0. The van der Waals surface area contributed by atoms with Crippen LogP contribution < -0.4 is 5.32 Å². The molecule has 0 saturated heterocycles. The van der Waals surface area contributed by atoms with Crippen molar-refractivity contribution in [3.8, 4) is 11.1 Å². The van der Waals surface area contributed by atoms with E-state index in [2.05, 4.69) is 16.4 Å². The van der Waals surface area contributed by atoms with Gasteiger partial charge in [0, 0.05) is 23.4 Å². The molecule has 0 unspecified atom stereocenters. The first kappa shape index (κ1) is 22.0. The van der Waals surface area contributed by atoms with Crippen LogP contribution >= 0.6 is 23.1 Å². The van der Waals surface area contributed by atoms with E-state index in [1.165, 1.54) is 0 Å². The van der Waals surface area contributed by atoms with Gasteiger partial charge in [0.2, 0.25) is 0 Å². The molecule has 0 spiro atoms. The number of rotatable bonds is 9. The maximum absolute atomic E-state index is 12.3. The molecule has 4 rings (SSSR count). The number of fused-ring (bicyclic) bond motifs is 1. The number of aromatic nitrogens is 1. The number of esters is 1. The Morgan fingerprint density at radius 3 is 2.53 bits per heavy atom. The minimum absolute atomic E-state index is 0.270. The van der Waals surface area contributed by atoms with Crippen molar-refractivity contribution in [2.75, 3.05) is 17.7 Å². The number of thioether (sulfide) groups is 1. The highest BCUT2D eigenvalue weighted by Crippen LogP contribution is 2.30. The normalized spacial score (nSPS) is 10.8. The molecule has 162 valence electrons. The largest absolute Gasteiger partial charge is 0.456 e. The zero-order valence-electron chi connectivity index (χ0n) is 17.3. The third-order valence-electron chi connectivity index (χ3n) is 4.68. The number of carbonyl (C=O) groups excluding carboxylic acids is 2. The Morgan fingerprint density at radius 1 is 0.938 bits per heavy atom. The summed E-state index contributed by atoms with van der Waals surface area (Å²) in [6.45, 7) is -0.299. The molecule has 0 aliphatic rings. The van der Waals surface area contributed by atoms with Gasteiger partial charge in [-0.15, -0.1) is 11.3 Å². The van der Waals surface area contributed by atoms with Crippen molar-refractivity contribution >= 4 is 50.9 Å². The van der Waals surface area contributed by atoms with Crippen LogP contribution in [0.4, 0.5) is 5.69 Å². The van der Waals surface area contributed by atoms with Crippen molar-refractivity contribution in [2.24, 2.45) is 0 Å². The Hall–Kier alpha value is -3.16. The molecule has 7 heteroatoms. The molecule has 3 aromatic carbocycles. The summed E-state index contributed by atoms with van der Waals surface area (Å²) < 4.78 is 7.31. The van der Waals surface area contributed by atoms with Gasteiger partial charge in [0.15, 0.2) is 10.9 Å². The van der Waals surface area contributed by atoms with Gasteiger partial charge < -0.3 is 10.1 Å². The first-order valence-corrected chi connectivity index (χ1v) is 12.1. The second-order valence-electron chi connectivity index (χ2n) is 7.02. The molecule has 0 aliphatic heterocycles. The van der Waals surface area contributed by atoms with Gasteiger partial charge in [-0.25, -0.2) is 4.98 Å². The fourth-order valence-electron chi connectivity index (χ4n) is 3.15. The van der Waals surface area contributed by atoms with E-state index >= 15 is 0 Å². The second-order valence-corrected chi connectivity index (χ2v) is 9.39. The number of thiazole rings is 1. The molecule has 0 atom stereocenters.